The van der Waals surface area contributed by atoms with E-state index < -0.39 is 11.9 Å². The standard InChI is InChI=1S/C17H17FN2O2S/c1-11-6-7-12(18)13(10-11)19-16(21)14-4-2-8-20(14)17(22)15-5-3-9-23-15/h3,5-7,9-10,14H,2,4,8H2,1H3,(H,19,21)/t14-/m0/s1. The molecule has 1 aromatic heterocycles. The van der Waals surface area contributed by atoms with E-state index in [0.29, 0.717) is 17.8 Å². The van der Waals surface area contributed by atoms with E-state index in [2.05, 4.69) is 5.32 Å². The summed E-state index contributed by atoms with van der Waals surface area (Å²) in [4.78, 5) is 27.2. The lowest BCUT2D eigenvalue weighted by atomic mass is 10.1. The summed E-state index contributed by atoms with van der Waals surface area (Å²) in [6, 6.07) is 7.57. The lowest BCUT2D eigenvalue weighted by molar-refractivity contribution is -0.119. The van der Waals surface area contributed by atoms with E-state index in [9.17, 15) is 14.0 Å². The number of nitrogens with one attached hydrogen (secondary N) is 1. The van der Waals surface area contributed by atoms with Gasteiger partial charge < -0.3 is 10.2 Å². The molecule has 0 aliphatic carbocycles. The normalized spacial score (nSPS) is 17.3. The number of hydrogen-bond acceptors (Lipinski definition) is 3. The molecule has 1 fully saturated rings. The van der Waals surface area contributed by atoms with Crippen LogP contribution in [-0.4, -0.2) is 29.3 Å². The quantitative estimate of drug-likeness (QED) is 0.936. The lowest BCUT2D eigenvalue weighted by Gasteiger charge is -2.23. The van der Waals surface area contributed by atoms with E-state index in [1.54, 1.807) is 23.1 Å². The van der Waals surface area contributed by atoms with Crippen LogP contribution < -0.4 is 5.32 Å². The fourth-order valence-corrected chi connectivity index (χ4v) is 3.45. The molecule has 0 unspecified atom stereocenters. The minimum atomic E-state index is -0.551. The van der Waals surface area contributed by atoms with Gasteiger partial charge in [0.2, 0.25) is 5.91 Å². The van der Waals surface area contributed by atoms with Gasteiger partial charge in [-0.05, 0) is 48.9 Å². The number of thiophene rings is 1. The van der Waals surface area contributed by atoms with Crippen molar-refractivity contribution in [2.45, 2.75) is 25.8 Å². The summed E-state index contributed by atoms with van der Waals surface area (Å²) in [5.74, 6) is -0.947. The molecule has 0 bridgehead atoms. The maximum absolute atomic E-state index is 13.8. The number of rotatable bonds is 3. The maximum atomic E-state index is 13.8. The summed E-state index contributed by atoms with van der Waals surface area (Å²) in [6.45, 7) is 2.38. The molecule has 1 saturated heterocycles. The average molecular weight is 332 g/mol. The van der Waals surface area contributed by atoms with Gasteiger partial charge in [0.15, 0.2) is 0 Å². The highest BCUT2D eigenvalue weighted by molar-refractivity contribution is 7.12. The SMILES string of the molecule is Cc1ccc(F)c(NC(=O)[C@@H]2CCCN2C(=O)c2cccs2)c1. The average Bonchev–Trinajstić information content (AvgIpc) is 3.20. The summed E-state index contributed by atoms with van der Waals surface area (Å²) in [5.41, 5.74) is 1.02. The summed E-state index contributed by atoms with van der Waals surface area (Å²) in [7, 11) is 0. The summed E-state index contributed by atoms with van der Waals surface area (Å²) < 4.78 is 13.8. The summed E-state index contributed by atoms with van der Waals surface area (Å²) >= 11 is 1.36. The van der Waals surface area contributed by atoms with Crippen molar-refractivity contribution in [1.82, 2.24) is 4.90 Å². The van der Waals surface area contributed by atoms with Crippen LogP contribution in [0.15, 0.2) is 35.7 Å². The second-order valence-electron chi connectivity index (χ2n) is 5.61. The van der Waals surface area contributed by atoms with Crippen LogP contribution in [0.5, 0.6) is 0 Å². The van der Waals surface area contributed by atoms with E-state index in [-0.39, 0.29) is 17.5 Å². The van der Waals surface area contributed by atoms with Crippen molar-refractivity contribution in [2.24, 2.45) is 0 Å². The highest BCUT2D eigenvalue weighted by Gasteiger charge is 2.35. The third-order valence-electron chi connectivity index (χ3n) is 3.93. The number of carbonyl (C=O) groups is 2. The molecule has 23 heavy (non-hydrogen) atoms. The number of amides is 2. The molecule has 2 aromatic rings. The van der Waals surface area contributed by atoms with Crippen LogP contribution >= 0.6 is 11.3 Å². The molecule has 0 spiro atoms. The fourth-order valence-electron chi connectivity index (χ4n) is 2.78. The number of anilines is 1. The number of aryl methyl sites for hydroxylation is 1. The number of halogens is 1. The molecule has 2 amide bonds. The zero-order valence-electron chi connectivity index (χ0n) is 12.7. The molecule has 6 heteroatoms. The van der Waals surface area contributed by atoms with Gasteiger partial charge in [0.1, 0.15) is 11.9 Å². The van der Waals surface area contributed by atoms with Crippen molar-refractivity contribution >= 4 is 28.8 Å². The Morgan fingerprint density at radius 3 is 2.91 bits per heavy atom. The first-order valence-corrected chi connectivity index (χ1v) is 8.36. The fraction of sp³-hybridized carbons (Fsp3) is 0.294. The van der Waals surface area contributed by atoms with Crippen molar-refractivity contribution in [2.75, 3.05) is 11.9 Å². The Balaban J connectivity index is 1.76. The molecule has 2 heterocycles. The number of likely N-dealkylation sites (tertiary alicyclic amines) is 1. The minimum absolute atomic E-state index is 0.137. The molecule has 1 aliphatic rings. The second-order valence-corrected chi connectivity index (χ2v) is 6.55. The van der Waals surface area contributed by atoms with Crippen molar-refractivity contribution < 1.29 is 14.0 Å². The van der Waals surface area contributed by atoms with Gasteiger partial charge >= 0.3 is 0 Å². The molecule has 1 N–H and O–H groups in total. The molecular weight excluding hydrogens is 315 g/mol. The topological polar surface area (TPSA) is 49.4 Å². The Morgan fingerprint density at radius 2 is 2.17 bits per heavy atom. The van der Waals surface area contributed by atoms with Gasteiger partial charge in [-0.1, -0.05) is 12.1 Å². The van der Waals surface area contributed by atoms with Crippen molar-refractivity contribution in [3.05, 3.63) is 52.0 Å². The Hall–Kier alpha value is -2.21. The van der Waals surface area contributed by atoms with Crippen LogP contribution in [0.2, 0.25) is 0 Å². The van der Waals surface area contributed by atoms with Gasteiger partial charge in [-0.15, -0.1) is 11.3 Å². The molecular formula is C17H17FN2O2S. The Labute approximate surface area is 137 Å². The van der Waals surface area contributed by atoms with Crippen LogP contribution in [0.1, 0.15) is 28.1 Å². The van der Waals surface area contributed by atoms with E-state index in [1.807, 2.05) is 18.4 Å². The lowest BCUT2D eigenvalue weighted by Crippen LogP contribution is -2.43. The van der Waals surface area contributed by atoms with Crippen LogP contribution in [0.25, 0.3) is 0 Å². The first kappa shape index (κ1) is 15.7. The summed E-state index contributed by atoms with van der Waals surface area (Å²) in [5, 5.41) is 4.45. The number of carbonyl (C=O) groups excluding carboxylic acids is 2. The molecule has 0 saturated carbocycles. The smallest absolute Gasteiger partial charge is 0.264 e. The van der Waals surface area contributed by atoms with E-state index in [0.717, 1.165) is 12.0 Å². The number of nitrogens with zero attached hydrogens (tertiary/aromatic N) is 1. The van der Waals surface area contributed by atoms with Crippen molar-refractivity contribution in [3.8, 4) is 0 Å². The predicted molar refractivity (Wildman–Crippen MR) is 88.1 cm³/mol. The van der Waals surface area contributed by atoms with Gasteiger partial charge in [-0.3, -0.25) is 9.59 Å². The molecule has 0 radical (unpaired) electrons. The van der Waals surface area contributed by atoms with Crippen LogP contribution in [0.3, 0.4) is 0 Å². The molecule has 1 atom stereocenters. The molecule has 3 rings (SSSR count). The van der Waals surface area contributed by atoms with E-state index >= 15 is 0 Å². The zero-order valence-corrected chi connectivity index (χ0v) is 13.5. The van der Waals surface area contributed by atoms with E-state index in [4.69, 9.17) is 0 Å². The van der Waals surface area contributed by atoms with Crippen LogP contribution in [-0.2, 0) is 4.79 Å². The largest absolute Gasteiger partial charge is 0.326 e. The van der Waals surface area contributed by atoms with E-state index in [1.165, 1.54) is 17.4 Å². The number of benzene rings is 1. The maximum Gasteiger partial charge on any atom is 0.264 e. The molecule has 120 valence electrons. The monoisotopic (exact) mass is 332 g/mol. The zero-order chi connectivity index (χ0) is 16.4. The Bertz CT molecular complexity index is 730. The van der Waals surface area contributed by atoms with Crippen molar-refractivity contribution in [3.63, 3.8) is 0 Å². The minimum Gasteiger partial charge on any atom is -0.326 e. The third kappa shape index (κ3) is 3.27. The second kappa shape index (κ2) is 6.50. The number of hydrogen-bond donors (Lipinski definition) is 1. The van der Waals surface area contributed by atoms with Gasteiger partial charge in [0.25, 0.3) is 5.91 Å². The highest BCUT2D eigenvalue weighted by Crippen LogP contribution is 2.24. The first-order valence-electron chi connectivity index (χ1n) is 7.48. The summed E-state index contributed by atoms with van der Waals surface area (Å²) in [6.07, 6.45) is 1.36. The van der Waals surface area contributed by atoms with Crippen LogP contribution in [0.4, 0.5) is 10.1 Å². The van der Waals surface area contributed by atoms with Gasteiger partial charge in [-0.2, -0.15) is 0 Å². The highest BCUT2D eigenvalue weighted by atomic mass is 32.1. The third-order valence-corrected chi connectivity index (χ3v) is 4.79. The van der Waals surface area contributed by atoms with Crippen molar-refractivity contribution in [1.29, 1.82) is 0 Å². The van der Waals surface area contributed by atoms with Gasteiger partial charge in [-0.25, -0.2) is 4.39 Å². The Morgan fingerprint density at radius 1 is 1.35 bits per heavy atom. The Kier molecular flexibility index (Phi) is 4.43. The molecule has 4 nitrogen and oxygen atoms in total. The molecule has 1 aromatic carbocycles. The predicted octanol–water partition coefficient (Wildman–Crippen LogP) is 3.44. The molecule has 1 aliphatic heterocycles. The van der Waals surface area contributed by atoms with Gasteiger partial charge in [0.05, 0.1) is 10.6 Å². The van der Waals surface area contributed by atoms with Gasteiger partial charge in [0, 0.05) is 6.54 Å². The first-order chi connectivity index (χ1) is 11.1. The van der Waals surface area contributed by atoms with Crippen LogP contribution in [0, 0.1) is 12.7 Å².